The summed E-state index contributed by atoms with van der Waals surface area (Å²) in [5.74, 6) is 0. The molecule has 0 heterocycles. The third-order valence-electron chi connectivity index (χ3n) is 2.56. The first-order valence-electron chi connectivity index (χ1n) is 7.05. The summed E-state index contributed by atoms with van der Waals surface area (Å²) in [5, 5.41) is 15.2. The maximum atomic E-state index is 7.62. The van der Waals surface area contributed by atoms with Crippen LogP contribution in [0.4, 0.5) is 0 Å². The summed E-state index contributed by atoms with van der Waals surface area (Å²) in [6, 6.07) is 0. The van der Waals surface area contributed by atoms with E-state index in [0.717, 1.165) is 0 Å². The van der Waals surface area contributed by atoms with Crippen LogP contribution in [0.1, 0.15) is 78.1 Å². The fourth-order valence-corrected chi connectivity index (χ4v) is 1.56. The van der Waals surface area contributed by atoms with Gasteiger partial charge in [-0.1, -0.05) is 78.1 Å². The van der Waals surface area contributed by atoms with Crippen LogP contribution < -0.4 is 0 Å². The van der Waals surface area contributed by atoms with Crippen LogP contribution in [0.2, 0.25) is 0 Å². The molecule has 0 fully saturated rings. The highest BCUT2D eigenvalue weighted by Gasteiger charge is 1.90. The molecule has 0 rings (SSSR count). The Kier molecular flexibility index (Phi) is 23.3. The molecule has 0 amide bonds. The molecule has 2 heteroatoms. The van der Waals surface area contributed by atoms with Gasteiger partial charge in [0.2, 0.25) is 0 Å². The first kappa shape index (κ1) is 18.3. The van der Waals surface area contributed by atoms with Gasteiger partial charge in [-0.3, -0.25) is 0 Å². The molecule has 0 saturated carbocycles. The lowest BCUT2D eigenvalue weighted by molar-refractivity contribution is 0.186. The molecule has 0 aliphatic rings. The molecule has 0 saturated heterocycles. The van der Waals surface area contributed by atoms with E-state index in [1.165, 1.54) is 64.2 Å². The van der Waals surface area contributed by atoms with E-state index in [2.05, 4.69) is 13.8 Å². The monoisotopic (exact) mass is 232 g/mol. The predicted molar refractivity (Wildman–Crippen MR) is 71.7 cm³/mol. The molecule has 16 heavy (non-hydrogen) atoms. The molecule has 0 spiro atoms. The van der Waals surface area contributed by atoms with Gasteiger partial charge in [-0.15, -0.1) is 0 Å². The number of aliphatic hydroxyl groups excluding tert-OH is 2. The molecule has 0 radical (unpaired) electrons. The van der Waals surface area contributed by atoms with Crippen molar-refractivity contribution in [1.82, 2.24) is 0 Å². The molecule has 0 aromatic carbocycles. The van der Waals surface area contributed by atoms with E-state index in [1.807, 2.05) is 0 Å². The molecule has 0 aliphatic carbocycles. The van der Waals surface area contributed by atoms with Crippen molar-refractivity contribution in [2.45, 2.75) is 78.1 Å². The molecule has 0 aliphatic heterocycles. The van der Waals surface area contributed by atoms with E-state index in [-0.39, 0.29) is 13.2 Å². The molecular formula is C14H32O2. The van der Waals surface area contributed by atoms with Crippen LogP contribution >= 0.6 is 0 Å². The quantitative estimate of drug-likeness (QED) is 0.561. The van der Waals surface area contributed by atoms with Crippen LogP contribution in [0.5, 0.6) is 0 Å². The summed E-state index contributed by atoms with van der Waals surface area (Å²) in [7, 11) is 0. The van der Waals surface area contributed by atoms with Gasteiger partial charge in [0, 0.05) is 0 Å². The summed E-state index contributed by atoms with van der Waals surface area (Å²) >= 11 is 0. The second-order valence-corrected chi connectivity index (χ2v) is 4.28. The standard InChI is InChI=1S/C12H26.C2H6O2/c1-3-5-7-9-11-12-10-8-6-4-2;3-1-2-4/h3-12H2,1-2H3;3-4H,1-2H2. The summed E-state index contributed by atoms with van der Waals surface area (Å²) in [5.41, 5.74) is 0. The number of aliphatic hydroxyl groups is 2. The van der Waals surface area contributed by atoms with Crippen molar-refractivity contribution in [3.05, 3.63) is 0 Å². The first-order chi connectivity index (χ1) is 7.83. The second-order valence-electron chi connectivity index (χ2n) is 4.28. The highest BCUT2D eigenvalue weighted by Crippen LogP contribution is 2.09. The second kappa shape index (κ2) is 20.3. The maximum absolute atomic E-state index is 7.62. The minimum absolute atomic E-state index is 0.125. The van der Waals surface area contributed by atoms with Crippen molar-refractivity contribution in [3.8, 4) is 0 Å². The zero-order chi connectivity index (χ0) is 12.5. The molecule has 0 aromatic heterocycles. The fraction of sp³-hybridized carbons (Fsp3) is 1.00. The van der Waals surface area contributed by atoms with Crippen molar-refractivity contribution in [1.29, 1.82) is 0 Å². The van der Waals surface area contributed by atoms with Crippen LogP contribution in [-0.2, 0) is 0 Å². The lowest BCUT2D eigenvalue weighted by Gasteiger charge is -1.99. The van der Waals surface area contributed by atoms with E-state index < -0.39 is 0 Å². The van der Waals surface area contributed by atoms with Crippen LogP contribution in [0.3, 0.4) is 0 Å². The van der Waals surface area contributed by atoms with Crippen molar-refractivity contribution in [3.63, 3.8) is 0 Å². The van der Waals surface area contributed by atoms with Crippen molar-refractivity contribution in [2.24, 2.45) is 0 Å². The Labute approximate surface area is 102 Å². The van der Waals surface area contributed by atoms with Gasteiger partial charge >= 0.3 is 0 Å². The third-order valence-corrected chi connectivity index (χ3v) is 2.56. The van der Waals surface area contributed by atoms with Crippen LogP contribution in [0, 0.1) is 0 Å². The van der Waals surface area contributed by atoms with Crippen LogP contribution in [0.15, 0.2) is 0 Å². The van der Waals surface area contributed by atoms with Gasteiger partial charge in [-0.25, -0.2) is 0 Å². The van der Waals surface area contributed by atoms with Gasteiger partial charge in [0.05, 0.1) is 13.2 Å². The summed E-state index contributed by atoms with van der Waals surface area (Å²) < 4.78 is 0. The van der Waals surface area contributed by atoms with E-state index in [4.69, 9.17) is 10.2 Å². The molecule has 2 N–H and O–H groups in total. The number of unbranched alkanes of at least 4 members (excludes halogenated alkanes) is 9. The topological polar surface area (TPSA) is 40.5 Å². The van der Waals surface area contributed by atoms with Gasteiger partial charge in [-0.2, -0.15) is 0 Å². The Morgan fingerprint density at radius 2 is 0.750 bits per heavy atom. The van der Waals surface area contributed by atoms with Crippen molar-refractivity contribution >= 4 is 0 Å². The van der Waals surface area contributed by atoms with E-state index in [1.54, 1.807) is 0 Å². The average molecular weight is 232 g/mol. The summed E-state index contributed by atoms with van der Waals surface area (Å²) in [4.78, 5) is 0. The van der Waals surface area contributed by atoms with E-state index in [9.17, 15) is 0 Å². The van der Waals surface area contributed by atoms with Crippen LogP contribution in [-0.4, -0.2) is 23.4 Å². The normalized spacial score (nSPS) is 9.75. The predicted octanol–water partition coefficient (Wildman–Crippen LogP) is 3.90. The number of rotatable bonds is 10. The summed E-state index contributed by atoms with van der Waals surface area (Å²) in [6.45, 7) is 4.31. The fourth-order valence-electron chi connectivity index (χ4n) is 1.56. The minimum atomic E-state index is -0.125. The van der Waals surface area contributed by atoms with Crippen molar-refractivity contribution in [2.75, 3.05) is 13.2 Å². The van der Waals surface area contributed by atoms with E-state index in [0.29, 0.717) is 0 Å². The van der Waals surface area contributed by atoms with Gasteiger partial charge < -0.3 is 10.2 Å². The SMILES string of the molecule is CCCCCCCCCCCC.OCCO. The maximum Gasteiger partial charge on any atom is 0.0662 e. The lowest BCUT2D eigenvalue weighted by Crippen LogP contribution is -1.85. The average Bonchev–Trinajstić information content (AvgIpc) is 2.33. The molecular weight excluding hydrogens is 200 g/mol. The van der Waals surface area contributed by atoms with Gasteiger partial charge in [0.15, 0.2) is 0 Å². The molecule has 0 aromatic rings. The highest BCUT2D eigenvalue weighted by atomic mass is 16.3. The Hall–Kier alpha value is -0.0800. The third kappa shape index (κ3) is 23.6. The zero-order valence-electron chi connectivity index (χ0n) is 11.4. The van der Waals surface area contributed by atoms with Gasteiger partial charge in [-0.05, 0) is 0 Å². The smallest absolute Gasteiger partial charge is 0.0662 e. The van der Waals surface area contributed by atoms with Crippen LogP contribution in [0.25, 0.3) is 0 Å². The van der Waals surface area contributed by atoms with Gasteiger partial charge in [0.25, 0.3) is 0 Å². The number of hydrogen-bond acceptors (Lipinski definition) is 2. The minimum Gasteiger partial charge on any atom is -0.394 e. The molecule has 0 bridgehead atoms. The number of hydrogen-bond donors (Lipinski definition) is 2. The summed E-state index contributed by atoms with van der Waals surface area (Å²) in [6.07, 6.45) is 14.4. The first-order valence-corrected chi connectivity index (χ1v) is 7.05. The molecule has 0 unspecified atom stereocenters. The van der Waals surface area contributed by atoms with Gasteiger partial charge in [0.1, 0.15) is 0 Å². The molecule has 100 valence electrons. The lowest BCUT2D eigenvalue weighted by atomic mass is 10.1. The Morgan fingerprint density at radius 1 is 0.500 bits per heavy atom. The Bertz CT molecular complexity index is 82.7. The zero-order valence-corrected chi connectivity index (χ0v) is 11.4. The van der Waals surface area contributed by atoms with Crippen molar-refractivity contribution < 1.29 is 10.2 Å². The molecule has 2 nitrogen and oxygen atoms in total. The molecule has 0 atom stereocenters. The Balaban J connectivity index is 0. The Morgan fingerprint density at radius 3 is 0.938 bits per heavy atom. The van der Waals surface area contributed by atoms with E-state index >= 15 is 0 Å². The highest BCUT2D eigenvalue weighted by molar-refractivity contribution is 4.45. The largest absolute Gasteiger partial charge is 0.394 e.